The molecule has 0 aliphatic carbocycles. The number of aromatic nitrogens is 2. The van der Waals surface area contributed by atoms with Gasteiger partial charge in [-0.2, -0.15) is 0 Å². The molecule has 1 unspecified atom stereocenters. The highest BCUT2D eigenvalue weighted by molar-refractivity contribution is 7.89. The van der Waals surface area contributed by atoms with E-state index in [2.05, 4.69) is 15.5 Å². The summed E-state index contributed by atoms with van der Waals surface area (Å²) < 4.78 is 23.7. The normalized spacial score (nSPS) is 15.6. The van der Waals surface area contributed by atoms with E-state index < -0.39 is 16.1 Å². The standard InChI is InChI=1S/C24H19N5O3S/c25-33(31,32)18-11-13-21-20(15-18)26-24(30)23(17-9-5-2-6-10-17)29(21)22-14-12-19(27-28-22)16-7-3-1-4-8-16/h1-15,23H,(H,26,30)(H2,25,31,32). The summed E-state index contributed by atoms with van der Waals surface area (Å²) in [6.45, 7) is 0. The van der Waals surface area contributed by atoms with Crippen LogP contribution in [0, 0.1) is 0 Å². The lowest BCUT2D eigenvalue weighted by Crippen LogP contribution is -2.39. The van der Waals surface area contributed by atoms with E-state index in [0.29, 0.717) is 22.9 Å². The van der Waals surface area contributed by atoms with E-state index in [1.54, 1.807) is 17.0 Å². The predicted octanol–water partition coefficient (Wildman–Crippen LogP) is 3.62. The first-order valence-electron chi connectivity index (χ1n) is 10.1. The van der Waals surface area contributed by atoms with E-state index >= 15 is 0 Å². The Morgan fingerprint density at radius 1 is 0.848 bits per heavy atom. The molecule has 1 amide bonds. The molecule has 0 saturated carbocycles. The number of primary sulfonamides is 1. The number of amides is 1. The van der Waals surface area contributed by atoms with Crippen molar-refractivity contribution in [3.05, 3.63) is 96.6 Å². The number of carbonyl (C=O) groups is 1. The number of nitrogens with two attached hydrogens (primary N) is 1. The third-order valence-electron chi connectivity index (χ3n) is 5.40. The molecule has 5 rings (SSSR count). The van der Waals surface area contributed by atoms with E-state index in [4.69, 9.17) is 5.14 Å². The molecule has 3 aromatic carbocycles. The molecule has 1 aliphatic heterocycles. The highest BCUT2D eigenvalue weighted by Crippen LogP contribution is 2.43. The van der Waals surface area contributed by atoms with Gasteiger partial charge in [-0.3, -0.25) is 4.79 Å². The molecule has 0 saturated heterocycles. The van der Waals surface area contributed by atoms with Gasteiger partial charge in [-0.1, -0.05) is 60.7 Å². The number of hydrogen-bond donors (Lipinski definition) is 2. The summed E-state index contributed by atoms with van der Waals surface area (Å²) >= 11 is 0. The smallest absolute Gasteiger partial charge is 0.252 e. The number of rotatable bonds is 4. The summed E-state index contributed by atoms with van der Waals surface area (Å²) in [5.41, 5.74) is 3.28. The van der Waals surface area contributed by atoms with Crippen LogP contribution in [-0.4, -0.2) is 24.5 Å². The minimum absolute atomic E-state index is 0.0924. The topological polar surface area (TPSA) is 118 Å². The number of nitrogens with zero attached hydrogens (tertiary/aromatic N) is 3. The van der Waals surface area contributed by atoms with Crippen molar-refractivity contribution >= 4 is 33.1 Å². The van der Waals surface area contributed by atoms with Gasteiger partial charge in [0.2, 0.25) is 10.0 Å². The van der Waals surface area contributed by atoms with Crippen molar-refractivity contribution in [1.29, 1.82) is 0 Å². The van der Waals surface area contributed by atoms with Gasteiger partial charge in [0, 0.05) is 5.56 Å². The molecule has 0 bridgehead atoms. The molecule has 164 valence electrons. The quantitative estimate of drug-likeness (QED) is 0.483. The molecule has 1 aliphatic rings. The first-order valence-corrected chi connectivity index (χ1v) is 11.7. The van der Waals surface area contributed by atoms with Crippen LogP contribution in [-0.2, 0) is 14.8 Å². The fourth-order valence-electron chi connectivity index (χ4n) is 3.87. The number of carbonyl (C=O) groups excluding carboxylic acids is 1. The Kier molecular flexibility index (Phi) is 5.12. The van der Waals surface area contributed by atoms with Gasteiger partial charge in [-0.25, -0.2) is 13.6 Å². The zero-order valence-electron chi connectivity index (χ0n) is 17.3. The second kappa shape index (κ2) is 8.12. The zero-order chi connectivity index (χ0) is 23.0. The van der Waals surface area contributed by atoms with E-state index in [0.717, 1.165) is 11.1 Å². The predicted molar refractivity (Wildman–Crippen MR) is 125 cm³/mol. The third kappa shape index (κ3) is 3.95. The van der Waals surface area contributed by atoms with Gasteiger partial charge in [0.05, 0.1) is 22.0 Å². The molecule has 33 heavy (non-hydrogen) atoms. The number of benzene rings is 3. The maximum Gasteiger partial charge on any atom is 0.252 e. The average Bonchev–Trinajstić information content (AvgIpc) is 2.83. The molecule has 0 fully saturated rings. The number of hydrogen-bond acceptors (Lipinski definition) is 6. The summed E-state index contributed by atoms with van der Waals surface area (Å²) in [6.07, 6.45) is 0. The maximum absolute atomic E-state index is 13.2. The van der Waals surface area contributed by atoms with Crippen molar-refractivity contribution < 1.29 is 13.2 Å². The van der Waals surface area contributed by atoms with Gasteiger partial charge < -0.3 is 10.2 Å². The van der Waals surface area contributed by atoms with E-state index in [1.165, 1.54) is 12.1 Å². The first kappa shape index (κ1) is 20.8. The van der Waals surface area contributed by atoms with E-state index in [-0.39, 0.29) is 10.8 Å². The molecule has 3 N–H and O–H groups in total. The maximum atomic E-state index is 13.2. The molecular formula is C24H19N5O3S. The van der Waals surface area contributed by atoms with Gasteiger partial charge in [0.25, 0.3) is 5.91 Å². The SMILES string of the molecule is NS(=O)(=O)c1ccc2c(c1)NC(=O)C(c1ccccc1)N2c1ccc(-c2ccccc2)nn1. The molecular weight excluding hydrogens is 438 g/mol. The lowest BCUT2D eigenvalue weighted by atomic mass is 10.00. The van der Waals surface area contributed by atoms with Crippen molar-refractivity contribution in [2.24, 2.45) is 5.14 Å². The van der Waals surface area contributed by atoms with Gasteiger partial charge in [-0.15, -0.1) is 10.2 Å². The minimum Gasteiger partial charge on any atom is -0.322 e. The van der Waals surface area contributed by atoms with Crippen LogP contribution in [0.2, 0.25) is 0 Å². The molecule has 1 atom stereocenters. The van der Waals surface area contributed by atoms with Crippen LogP contribution in [0.25, 0.3) is 11.3 Å². The third-order valence-corrected chi connectivity index (χ3v) is 6.31. The van der Waals surface area contributed by atoms with Crippen LogP contribution in [0.4, 0.5) is 17.2 Å². The number of anilines is 3. The second-order valence-electron chi connectivity index (χ2n) is 7.54. The summed E-state index contributed by atoms with van der Waals surface area (Å²) in [4.78, 5) is 14.9. The van der Waals surface area contributed by atoms with Crippen LogP contribution in [0.5, 0.6) is 0 Å². The van der Waals surface area contributed by atoms with Crippen molar-refractivity contribution in [3.8, 4) is 11.3 Å². The molecule has 8 nitrogen and oxygen atoms in total. The second-order valence-corrected chi connectivity index (χ2v) is 9.10. The Bertz CT molecular complexity index is 1430. The minimum atomic E-state index is -3.94. The van der Waals surface area contributed by atoms with Gasteiger partial charge in [-0.05, 0) is 35.9 Å². The summed E-state index contributed by atoms with van der Waals surface area (Å²) in [7, 11) is -3.94. The zero-order valence-corrected chi connectivity index (χ0v) is 18.1. The Hall–Kier alpha value is -4.08. The van der Waals surface area contributed by atoms with E-state index in [1.807, 2.05) is 66.7 Å². The van der Waals surface area contributed by atoms with Gasteiger partial charge >= 0.3 is 0 Å². The summed E-state index contributed by atoms with van der Waals surface area (Å²) in [5.74, 6) is 0.122. The fourth-order valence-corrected chi connectivity index (χ4v) is 4.41. The Morgan fingerprint density at radius 2 is 1.55 bits per heavy atom. The highest BCUT2D eigenvalue weighted by Gasteiger charge is 2.36. The molecule has 1 aromatic heterocycles. The summed E-state index contributed by atoms with van der Waals surface area (Å²) in [6, 6.07) is 26.2. The molecule has 4 aromatic rings. The number of fused-ring (bicyclic) bond motifs is 1. The summed E-state index contributed by atoms with van der Waals surface area (Å²) in [5, 5.41) is 16.9. The van der Waals surface area contributed by atoms with Crippen LogP contribution in [0.1, 0.15) is 11.6 Å². The van der Waals surface area contributed by atoms with Crippen molar-refractivity contribution in [1.82, 2.24) is 10.2 Å². The van der Waals surface area contributed by atoms with Gasteiger partial charge in [0.15, 0.2) is 5.82 Å². The lowest BCUT2D eigenvalue weighted by Gasteiger charge is -2.37. The Morgan fingerprint density at radius 3 is 2.18 bits per heavy atom. The van der Waals surface area contributed by atoms with Crippen molar-refractivity contribution in [3.63, 3.8) is 0 Å². The monoisotopic (exact) mass is 457 g/mol. The van der Waals surface area contributed by atoms with Crippen LogP contribution >= 0.6 is 0 Å². The Labute approximate surface area is 190 Å². The van der Waals surface area contributed by atoms with Gasteiger partial charge in [0.1, 0.15) is 6.04 Å². The van der Waals surface area contributed by atoms with Crippen molar-refractivity contribution in [2.75, 3.05) is 10.2 Å². The highest BCUT2D eigenvalue weighted by atomic mass is 32.2. The van der Waals surface area contributed by atoms with E-state index in [9.17, 15) is 13.2 Å². The lowest BCUT2D eigenvalue weighted by molar-refractivity contribution is -0.117. The first-order chi connectivity index (χ1) is 15.9. The molecule has 0 spiro atoms. The number of sulfonamides is 1. The fraction of sp³-hybridized carbons (Fsp3) is 0.0417. The number of nitrogens with one attached hydrogen (secondary N) is 1. The molecule has 9 heteroatoms. The Balaban J connectivity index is 1.65. The van der Waals surface area contributed by atoms with Crippen molar-refractivity contribution in [2.45, 2.75) is 10.9 Å². The van der Waals surface area contributed by atoms with Crippen LogP contribution in [0.3, 0.4) is 0 Å². The average molecular weight is 458 g/mol. The molecule has 0 radical (unpaired) electrons. The van der Waals surface area contributed by atoms with Crippen LogP contribution < -0.4 is 15.4 Å². The largest absolute Gasteiger partial charge is 0.322 e. The molecule has 2 heterocycles. The van der Waals surface area contributed by atoms with Crippen LogP contribution in [0.15, 0.2) is 95.9 Å².